The quantitative estimate of drug-likeness (QED) is 0.658. The number of carbonyl (C=O) groups is 3. The molecule has 2 aromatic rings. The summed E-state index contributed by atoms with van der Waals surface area (Å²) in [7, 11) is 1.88. The molecule has 0 atom stereocenters. The lowest BCUT2D eigenvalue weighted by Crippen LogP contribution is -2.49. The van der Waals surface area contributed by atoms with Gasteiger partial charge in [-0.3, -0.25) is 19.7 Å². The van der Waals surface area contributed by atoms with Gasteiger partial charge in [0.2, 0.25) is 5.91 Å². The van der Waals surface area contributed by atoms with Crippen molar-refractivity contribution in [3.05, 3.63) is 23.8 Å². The number of urea groups is 1. The molecular formula is C19H22F3N5O4. The van der Waals surface area contributed by atoms with Gasteiger partial charge in [-0.1, -0.05) is 6.07 Å². The van der Waals surface area contributed by atoms with E-state index in [9.17, 15) is 22.8 Å². The molecule has 1 aromatic carbocycles. The molecule has 2 aliphatic rings. The number of fused-ring (bicyclic) bond motifs is 1. The molecule has 0 aliphatic carbocycles. The first-order valence-corrected chi connectivity index (χ1v) is 9.66. The van der Waals surface area contributed by atoms with E-state index in [-0.39, 0.29) is 5.91 Å². The summed E-state index contributed by atoms with van der Waals surface area (Å²) in [6.45, 7) is 2.45. The Kier molecular flexibility index (Phi) is 6.48. The number of hydrogen-bond acceptors (Lipinski definition) is 5. The molecule has 3 amide bonds. The number of aliphatic carboxylic acids is 1. The molecule has 12 heteroatoms. The van der Waals surface area contributed by atoms with Gasteiger partial charge in [0.15, 0.2) is 5.82 Å². The Morgan fingerprint density at radius 3 is 2.45 bits per heavy atom. The molecule has 3 heterocycles. The largest absolute Gasteiger partial charge is 0.490 e. The van der Waals surface area contributed by atoms with Gasteiger partial charge in [0, 0.05) is 25.4 Å². The first-order chi connectivity index (χ1) is 14.6. The number of amides is 3. The number of aryl methyl sites for hydroxylation is 1. The van der Waals surface area contributed by atoms with Gasteiger partial charge >= 0.3 is 18.2 Å². The van der Waals surface area contributed by atoms with E-state index in [0.29, 0.717) is 24.7 Å². The number of anilines is 1. The smallest absolute Gasteiger partial charge is 0.475 e. The summed E-state index contributed by atoms with van der Waals surface area (Å²) in [4.78, 5) is 34.0. The predicted molar refractivity (Wildman–Crippen MR) is 105 cm³/mol. The van der Waals surface area contributed by atoms with Crippen LogP contribution in [-0.4, -0.2) is 58.6 Å². The minimum absolute atomic E-state index is 0.230. The van der Waals surface area contributed by atoms with E-state index in [1.807, 2.05) is 7.05 Å². The molecule has 0 spiro atoms. The van der Waals surface area contributed by atoms with Crippen LogP contribution in [0.3, 0.4) is 0 Å². The van der Waals surface area contributed by atoms with Crippen LogP contribution in [0.2, 0.25) is 0 Å². The number of halogens is 3. The molecule has 2 saturated heterocycles. The average molecular weight is 441 g/mol. The second kappa shape index (κ2) is 8.92. The van der Waals surface area contributed by atoms with Crippen LogP contribution >= 0.6 is 0 Å². The number of benzene rings is 1. The SMILES string of the molecule is Cn1nc(N2CCC(=O)NC2=O)c2cc(C3CCNCC3)ccc21.O=C(O)C(F)(F)F. The third-order valence-corrected chi connectivity index (χ3v) is 5.22. The lowest BCUT2D eigenvalue weighted by molar-refractivity contribution is -0.192. The Hall–Kier alpha value is -3.15. The van der Waals surface area contributed by atoms with E-state index in [1.54, 1.807) is 9.58 Å². The number of imide groups is 1. The Morgan fingerprint density at radius 2 is 1.87 bits per heavy atom. The number of carboxylic acid groups (broad SMARTS) is 1. The van der Waals surface area contributed by atoms with Crippen molar-refractivity contribution in [3.63, 3.8) is 0 Å². The summed E-state index contributed by atoms with van der Waals surface area (Å²) in [5, 5.41) is 18.4. The van der Waals surface area contributed by atoms with Crippen molar-refractivity contribution < 1.29 is 32.7 Å². The summed E-state index contributed by atoms with van der Waals surface area (Å²) in [6.07, 6.45) is -2.53. The van der Waals surface area contributed by atoms with Crippen molar-refractivity contribution in [2.75, 3.05) is 24.5 Å². The van der Waals surface area contributed by atoms with Crippen LogP contribution < -0.4 is 15.5 Å². The van der Waals surface area contributed by atoms with Crippen LogP contribution in [0.5, 0.6) is 0 Å². The molecule has 1 aromatic heterocycles. The van der Waals surface area contributed by atoms with Crippen LogP contribution in [-0.2, 0) is 16.6 Å². The molecule has 4 rings (SSSR count). The van der Waals surface area contributed by atoms with Crippen LogP contribution in [0.25, 0.3) is 10.9 Å². The Balaban J connectivity index is 0.000000339. The Morgan fingerprint density at radius 1 is 1.23 bits per heavy atom. The van der Waals surface area contributed by atoms with Crippen molar-refractivity contribution in [2.45, 2.75) is 31.4 Å². The van der Waals surface area contributed by atoms with Gasteiger partial charge in [-0.25, -0.2) is 9.59 Å². The maximum atomic E-state index is 12.2. The predicted octanol–water partition coefficient (Wildman–Crippen LogP) is 2.12. The molecule has 2 aliphatic heterocycles. The van der Waals surface area contributed by atoms with Crippen molar-refractivity contribution in [2.24, 2.45) is 7.05 Å². The second-order valence-corrected chi connectivity index (χ2v) is 7.31. The fourth-order valence-corrected chi connectivity index (χ4v) is 3.64. The fraction of sp³-hybridized carbons (Fsp3) is 0.474. The average Bonchev–Trinajstić information content (AvgIpc) is 3.04. The number of carboxylic acids is 1. The molecular weight excluding hydrogens is 419 g/mol. The lowest BCUT2D eigenvalue weighted by Gasteiger charge is -2.25. The number of carbonyl (C=O) groups excluding carboxylic acids is 2. The summed E-state index contributed by atoms with van der Waals surface area (Å²) < 4.78 is 33.5. The number of nitrogens with one attached hydrogen (secondary N) is 2. The van der Waals surface area contributed by atoms with Crippen LogP contribution in [0.4, 0.5) is 23.8 Å². The molecule has 0 unspecified atom stereocenters. The van der Waals surface area contributed by atoms with Gasteiger partial charge in [0.25, 0.3) is 0 Å². The third kappa shape index (κ3) is 5.13. The van der Waals surface area contributed by atoms with Crippen molar-refractivity contribution in [1.82, 2.24) is 20.4 Å². The molecule has 9 nitrogen and oxygen atoms in total. The summed E-state index contributed by atoms with van der Waals surface area (Å²) in [5.74, 6) is -1.81. The van der Waals surface area contributed by atoms with Gasteiger partial charge in [-0.15, -0.1) is 0 Å². The number of hydrogen-bond donors (Lipinski definition) is 3. The minimum Gasteiger partial charge on any atom is -0.475 e. The van der Waals surface area contributed by atoms with Crippen molar-refractivity contribution in [3.8, 4) is 0 Å². The van der Waals surface area contributed by atoms with E-state index >= 15 is 0 Å². The molecule has 31 heavy (non-hydrogen) atoms. The van der Waals surface area contributed by atoms with Crippen molar-refractivity contribution in [1.29, 1.82) is 0 Å². The normalized spacial score (nSPS) is 17.9. The number of aromatic nitrogens is 2. The summed E-state index contributed by atoms with van der Waals surface area (Å²) in [5.41, 5.74) is 2.29. The highest BCUT2D eigenvalue weighted by molar-refractivity contribution is 6.08. The first-order valence-electron chi connectivity index (χ1n) is 9.66. The number of alkyl halides is 3. The highest BCUT2D eigenvalue weighted by atomic mass is 19.4. The topological polar surface area (TPSA) is 117 Å². The fourth-order valence-electron chi connectivity index (χ4n) is 3.64. The summed E-state index contributed by atoms with van der Waals surface area (Å²) >= 11 is 0. The molecule has 2 fully saturated rings. The van der Waals surface area contributed by atoms with Crippen molar-refractivity contribution >= 4 is 34.6 Å². The lowest BCUT2D eigenvalue weighted by atomic mass is 9.89. The molecule has 0 bridgehead atoms. The zero-order chi connectivity index (χ0) is 22.8. The van der Waals surface area contributed by atoms with Gasteiger partial charge in [-0.2, -0.15) is 18.3 Å². The highest BCUT2D eigenvalue weighted by Gasteiger charge is 2.38. The van der Waals surface area contributed by atoms with Crippen LogP contribution in [0.15, 0.2) is 18.2 Å². The van der Waals surface area contributed by atoms with Gasteiger partial charge < -0.3 is 10.4 Å². The molecule has 0 radical (unpaired) electrons. The standard InChI is InChI=1S/C17H21N5O2.C2HF3O2/c1-21-14-3-2-12(11-4-7-18-8-5-11)10-13(14)16(20-21)22-9-6-15(23)19-17(22)24;3-2(4,5)1(6)7/h2-3,10-11,18H,4-9H2,1H3,(H,19,23,24);(H,6,7). The maximum Gasteiger partial charge on any atom is 0.490 e. The van der Waals surface area contributed by atoms with E-state index in [0.717, 1.165) is 36.8 Å². The third-order valence-electron chi connectivity index (χ3n) is 5.22. The highest BCUT2D eigenvalue weighted by Crippen LogP contribution is 2.32. The number of nitrogens with zero attached hydrogens (tertiary/aromatic N) is 3. The van der Waals surface area contributed by atoms with E-state index in [2.05, 4.69) is 33.9 Å². The first kappa shape index (κ1) is 22.5. The minimum atomic E-state index is -5.08. The van der Waals surface area contributed by atoms with E-state index < -0.39 is 18.2 Å². The molecule has 3 N–H and O–H groups in total. The van der Waals surface area contributed by atoms with Gasteiger partial charge in [0.05, 0.1) is 5.52 Å². The van der Waals surface area contributed by atoms with Crippen LogP contribution in [0, 0.1) is 0 Å². The molecule has 0 saturated carbocycles. The molecule has 168 valence electrons. The number of rotatable bonds is 2. The van der Waals surface area contributed by atoms with Gasteiger partial charge in [-0.05, 0) is 49.5 Å². The van der Waals surface area contributed by atoms with E-state index in [1.165, 1.54) is 5.56 Å². The zero-order valence-electron chi connectivity index (χ0n) is 16.7. The monoisotopic (exact) mass is 441 g/mol. The Labute approximate surface area is 175 Å². The maximum absolute atomic E-state index is 12.2. The zero-order valence-corrected chi connectivity index (χ0v) is 16.7. The number of piperidine rings is 1. The van der Waals surface area contributed by atoms with E-state index in [4.69, 9.17) is 9.90 Å². The van der Waals surface area contributed by atoms with Crippen LogP contribution in [0.1, 0.15) is 30.7 Å². The second-order valence-electron chi connectivity index (χ2n) is 7.31. The summed E-state index contributed by atoms with van der Waals surface area (Å²) in [6, 6.07) is 6.02. The Bertz CT molecular complexity index is 998. The van der Waals surface area contributed by atoms with Gasteiger partial charge in [0.1, 0.15) is 0 Å².